The van der Waals surface area contributed by atoms with Gasteiger partial charge in [-0.2, -0.15) is 0 Å². The Labute approximate surface area is 92.4 Å². The Hall–Kier alpha value is 2.51. The van der Waals surface area contributed by atoms with E-state index in [1.165, 1.54) is 0 Å². The predicted molar refractivity (Wildman–Crippen MR) is 30.9 cm³/mol. The Morgan fingerprint density at radius 3 is 1.25 bits per heavy atom. The zero-order valence-electron chi connectivity index (χ0n) is 5.91. The van der Waals surface area contributed by atoms with Crippen LogP contribution in [0.15, 0.2) is 0 Å². The first-order chi connectivity index (χ1) is 0. The summed E-state index contributed by atoms with van der Waals surface area (Å²) in [5, 5.41) is 0. The first-order valence-electron chi connectivity index (χ1n) is 0. The molecule has 24 valence electrons. The first-order valence-corrected chi connectivity index (χ1v) is 0. The van der Waals surface area contributed by atoms with Gasteiger partial charge in [0, 0.05) is 0 Å². The minimum Gasteiger partial charge on any atom is -1.00 e. The molecule has 0 heterocycles. The Kier molecular flexibility index (Phi) is 139. The van der Waals surface area contributed by atoms with E-state index in [-0.39, 0.29) is 94.1 Å². The van der Waals surface area contributed by atoms with Crippen molar-refractivity contribution in [3.8, 4) is 0 Å². The summed E-state index contributed by atoms with van der Waals surface area (Å²) in [7, 11) is 0. The fraction of sp³-hybridized carbons (Fsp3) is 0. The van der Waals surface area contributed by atoms with Crippen LogP contribution in [-0.2, 0) is 0 Å². The number of rotatable bonds is 0. The molecule has 2 N–H and O–H groups in total. The van der Waals surface area contributed by atoms with Gasteiger partial charge in [0.25, 0.3) is 0 Å². The molecule has 0 spiro atoms. The maximum absolute atomic E-state index is 0. The summed E-state index contributed by atoms with van der Waals surface area (Å²) in [4.78, 5) is 0. The second-order valence-electron chi connectivity index (χ2n) is 0. The van der Waals surface area contributed by atoms with E-state index >= 15 is 0 Å². The summed E-state index contributed by atoms with van der Waals surface area (Å²) in [6, 6.07) is 0. The van der Waals surface area contributed by atoms with Crippen LogP contribution in [0.25, 0.3) is 0 Å². The minimum absolute atomic E-state index is 0. The van der Waals surface area contributed by atoms with E-state index in [0.717, 1.165) is 0 Å². The third-order valence-electron chi connectivity index (χ3n) is 0. The molecule has 0 aliphatic heterocycles. The molecule has 0 aliphatic carbocycles. The SMILES string of the molecule is O.[Ba+2].[H-].[H-].[H-].[H-].[Mg+2].[SiH4]. The van der Waals surface area contributed by atoms with E-state index in [1.807, 2.05) is 0 Å². The first kappa shape index (κ1) is 31.3. The second kappa shape index (κ2) is 17.8. The van der Waals surface area contributed by atoms with Gasteiger partial charge in [0.1, 0.15) is 0 Å². The Balaban J connectivity index is 0. The summed E-state index contributed by atoms with van der Waals surface area (Å²) in [5.41, 5.74) is 0. The van der Waals surface area contributed by atoms with E-state index in [1.54, 1.807) is 0 Å². The summed E-state index contributed by atoms with van der Waals surface area (Å²) in [6.07, 6.45) is 0. The maximum atomic E-state index is 0. The molecule has 0 saturated heterocycles. The van der Waals surface area contributed by atoms with Crippen LogP contribution in [0.3, 0.4) is 0 Å². The smallest absolute Gasteiger partial charge is 1.00 e. The van der Waals surface area contributed by atoms with E-state index < -0.39 is 0 Å². The van der Waals surface area contributed by atoms with Crippen LogP contribution in [0.2, 0.25) is 0 Å². The standard InChI is InChI=1S/Ba.Mg.H2O.H4Si.4H/h;;1H2;1H4;;;;/q2*+2;;;4*-1. The molecule has 0 saturated carbocycles. The zero-order valence-corrected chi connectivity index (χ0v) is 7.77. The number of hydrogen-bond acceptors (Lipinski definition) is 0. The van der Waals surface area contributed by atoms with Crippen molar-refractivity contribution in [2.24, 2.45) is 0 Å². The van der Waals surface area contributed by atoms with E-state index in [0.29, 0.717) is 0 Å². The minimum atomic E-state index is 0. The fourth-order valence-corrected chi connectivity index (χ4v) is 0. The van der Waals surface area contributed by atoms with Gasteiger partial charge < -0.3 is 11.2 Å². The van der Waals surface area contributed by atoms with Crippen molar-refractivity contribution in [1.82, 2.24) is 0 Å². The molecule has 4 heteroatoms. The normalized spacial score (nSPS) is 0. The van der Waals surface area contributed by atoms with Crippen LogP contribution >= 0.6 is 0 Å². The molecule has 0 bridgehead atoms. The molecule has 1 nitrogen and oxygen atoms in total. The average Bonchev–Trinajstić information content (AvgIpc) is 0. The molecule has 0 aromatic carbocycles. The van der Waals surface area contributed by atoms with Gasteiger partial charge in [-0.3, -0.25) is 0 Å². The van der Waals surface area contributed by atoms with Gasteiger partial charge in [-0.05, 0) is 11.0 Å². The van der Waals surface area contributed by atoms with Gasteiger partial charge in [-0.1, -0.05) is 0 Å². The van der Waals surface area contributed by atoms with Crippen molar-refractivity contribution in [3.63, 3.8) is 0 Å². The molecule has 0 aromatic rings. The molecule has 0 aliphatic rings. The summed E-state index contributed by atoms with van der Waals surface area (Å²) in [5.74, 6) is 0. The second-order valence-corrected chi connectivity index (χ2v) is 0. The molecular formula is H10BaMgOSi. The molecule has 4 heavy (non-hydrogen) atoms. The largest absolute Gasteiger partial charge is 2.00 e. The van der Waals surface area contributed by atoms with E-state index in [9.17, 15) is 0 Å². The average molecular weight is 216 g/mol. The topological polar surface area (TPSA) is 31.5 Å². The summed E-state index contributed by atoms with van der Waals surface area (Å²) in [6.45, 7) is 0. The predicted octanol–water partition coefficient (Wildman–Crippen LogP) is -2.59. The zero-order chi connectivity index (χ0) is 0. The molecule has 0 radical (unpaired) electrons. The summed E-state index contributed by atoms with van der Waals surface area (Å²) >= 11 is 0. The van der Waals surface area contributed by atoms with Crippen molar-refractivity contribution in [1.29, 1.82) is 0 Å². The fourth-order valence-electron chi connectivity index (χ4n) is 0. The van der Waals surface area contributed by atoms with Crippen LogP contribution < -0.4 is 0 Å². The van der Waals surface area contributed by atoms with Crippen molar-refractivity contribution >= 4 is 82.9 Å². The maximum Gasteiger partial charge on any atom is 2.00 e. The van der Waals surface area contributed by atoms with Crippen molar-refractivity contribution in [2.75, 3.05) is 0 Å². The van der Waals surface area contributed by atoms with Crippen LogP contribution in [0.5, 0.6) is 0 Å². The van der Waals surface area contributed by atoms with Crippen LogP contribution in [0.4, 0.5) is 0 Å². The van der Waals surface area contributed by atoms with Crippen molar-refractivity contribution in [3.05, 3.63) is 0 Å². The Bertz CT molecular complexity index is 16.0. The van der Waals surface area contributed by atoms with E-state index in [4.69, 9.17) is 0 Å². The van der Waals surface area contributed by atoms with Gasteiger partial charge in [0.2, 0.25) is 0 Å². The van der Waals surface area contributed by atoms with Crippen LogP contribution in [0.1, 0.15) is 5.71 Å². The Morgan fingerprint density at radius 2 is 1.25 bits per heavy atom. The molecule has 0 unspecified atom stereocenters. The molecule has 0 rings (SSSR count). The van der Waals surface area contributed by atoms with Gasteiger partial charge in [-0.15, -0.1) is 0 Å². The molecular weight excluding hydrogens is 206 g/mol. The van der Waals surface area contributed by atoms with Crippen molar-refractivity contribution in [2.45, 2.75) is 0 Å². The Morgan fingerprint density at radius 1 is 1.25 bits per heavy atom. The van der Waals surface area contributed by atoms with Gasteiger partial charge in [0.15, 0.2) is 0 Å². The molecule has 0 atom stereocenters. The third-order valence-corrected chi connectivity index (χ3v) is 0. The molecule has 0 amide bonds. The third kappa shape index (κ3) is 8.82. The molecule has 0 fully saturated rings. The van der Waals surface area contributed by atoms with Crippen LogP contribution in [-0.4, -0.2) is 88.4 Å². The number of hydrogen-bond donors (Lipinski definition) is 0. The molecule has 0 aromatic heterocycles. The van der Waals surface area contributed by atoms with Gasteiger partial charge >= 0.3 is 71.9 Å². The van der Waals surface area contributed by atoms with Gasteiger partial charge in [-0.25, -0.2) is 0 Å². The monoisotopic (exact) mass is 216 g/mol. The van der Waals surface area contributed by atoms with Gasteiger partial charge in [0.05, 0.1) is 0 Å². The van der Waals surface area contributed by atoms with E-state index in [2.05, 4.69) is 0 Å². The summed E-state index contributed by atoms with van der Waals surface area (Å²) < 4.78 is 0. The van der Waals surface area contributed by atoms with Crippen LogP contribution in [0, 0.1) is 0 Å². The van der Waals surface area contributed by atoms with Crippen molar-refractivity contribution < 1.29 is 11.2 Å². The quantitative estimate of drug-likeness (QED) is 0.398.